The van der Waals surface area contributed by atoms with E-state index in [1.807, 2.05) is 6.92 Å². The summed E-state index contributed by atoms with van der Waals surface area (Å²) >= 11 is 0. The highest BCUT2D eigenvalue weighted by molar-refractivity contribution is 5.94. The maximum Gasteiger partial charge on any atom is 0.256 e. The van der Waals surface area contributed by atoms with Gasteiger partial charge in [-0.05, 0) is 18.6 Å². The van der Waals surface area contributed by atoms with Crippen LogP contribution in [0.3, 0.4) is 0 Å². The molecule has 26 heavy (non-hydrogen) atoms. The van der Waals surface area contributed by atoms with Gasteiger partial charge < -0.3 is 19.5 Å². The van der Waals surface area contributed by atoms with E-state index in [9.17, 15) is 14.3 Å². The van der Waals surface area contributed by atoms with Crippen molar-refractivity contribution < 1.29 is 23.8 Å². The number of hydrogen-bond donors (Lipinski definition) is 1. The van der Waals surface area contributed by atoms with Gasteiger partial charge in [-0.25, -0.2) is 4.39 Å². The minimum Gasteiger partial charge on any atom is -0.392 e. The second kappa shape index (κ2) is 10.6. The van der Waals surface area contributed by atoms with Crippen LogP contribution in [-0.2, 0) is 9.47 Å². The Morgan fingerprint density at radius 1 is 1.50 bits per heavy atom. The topological polar surface area (TPSA) is 62.2 Å². The Morgan fingerprint density at radius 3 is 2.96 bits per heavy atom. The van der Waals surface area contributed by atoms with Crippen molar-refractivity contribution in [3.63, 3.8) is 0 Å². The summed E-state index contributed by atoms with van der Waals surface area (Å²) in [6.45, 7) is 5.56. The van der Waals surface area contributed by atoms with Gasteiger partial charge in [0.15, 0.2) is 0 Å². The summed E-state index contributed by atoms with van der Waals surface area (Å²) in [4.78, 5) is 16.5. The van der Waals surface area contributed by atoms with Crippen LogP contribution >= 0.6 is 0 Å². The van der Waals surface area contributed by atoms with Crippen molar-refractivity contribution in [3.05, 3.63) is 35.6 Å². The Morgan fingerprint density at radius 2 is 2.27 bits per heavy atom. The van der Waals surface area contributed by atoms with Gasteiger partial charge in [0.25, 0.3) is 5.91 Å². The fourth-order valence-electron chi connectivity index (χ4n) is 3.01. The summed E-state index contributed by atoms with van der Waals surface area (Å²) < 4.78 is 24.9. The summed E-state index contributed by atoms with van der Waals surface area (Å²) in [7, 11) is 1.57. The zero-order valence-electron chi connectivity index (χ0n) is 15.6. The molecule has 1 aromatic rings. The van der Waals surface area contributed by atoms with Gasteiger partial charge in [-0.15, -0.1) is 0 Å². The number of nitrogens with zero attached hydrogens (tertiary/aromatic N) is 2. The van der Waals surface area contributed by atoms with Crippen molar-refractivity contribution in [2.24, 2.45) is 0 Å². The Kier molecular flexibility index (Phi) is 8.44. The van der Waals surface area contributed by atoms with Crippen LogP contribution in [0.1, 0.15) is 23.7 Å². The molecule has 0 radical (unpaired) electrons. The number of methoxy groups -OCH3 is 1. The zero-order chi connectivity index (χ0) is 18.9. The van der Waals surface area contributed by atoms with Gasteiger partial charge >= 0.3 is 0 Å². The SMILES string of the molecule is CC[C@H](O)CN1CCO[C@@H](CN(CCOC)C(=O)c2ccccc2F)C1. The van der Waals surface area contributed by atoms with Gasteiger partial charge in [-0.2, -0.15) is 0 Å². The van der Waals surface area contributed by atoms with Gasteiger partial charge in [-0.3, -0.25) is 9.69 Å². The molecule has 6 nitrogen and oxygen atoms in total. The van der Waals surface area contributed by atoms with Crippen LogP contribution in [-0.4, -0.2) is 86.1 Å². The number of carbonyl (C=O) groups is 1. The van der Waals surface area contributed by atoms with Crippen LogP contribution in [0, 0.1) is 5.82 Å². The van der Waals surface area contributed by atoms with E-state index in [0.29, 0.717) is 45.8 Å². The van der Waals surface area contributed by atoms with Crippen LogP contribution in [0.15, 0.2) is 24.3 Å². The van der Waals surface area contributed by atoms with E-state index < -0.39 is 5.82 Å². The van der Waals surface area contributed by atoms with E-state index in [4.69, 9.17) is 9.47 Å². The van der Waals surface area contributed by atoms with Crippen LogP contribution < -0.4 is 0 Å². The smallest absolute Gasteiger partial charge is 0.256 e. The van der Waals surface area contributed by atoms with Crippen molar-refractivity contribution >= 4 is 5.91 Å². The second-order valence-corrected chi connectivity index (χ2v) is 6.54. The van der Waals surface area contributed by atoms with Crippen molar-refractivity contribution in [3.8, 4) is 0 Å². The number of amides is 1. The number of carbonyl (C=O) groups excluding carboxylic acids is 1. The molecule has 0 saturated carbocycles. The molecule has 1 aliphatic heterocycles. The van der Waals surface area contributed by atoms with Crippen LogP contribution in [0.4, 0.5) is 4.39 Å². The molecule has 1 N–H and O–H groups in total. The summed E-state index contributed by atoms with van der Waals surface area (Å²) in [6, 6.07) is 5.98. The minimum atomic E-state index is -0.530. The molecule has 1 saturated heterocycles. The lowest BCUT2D eigenvalue weighted by Crippen LogP contribution is -2.50. The van der Waals surface area contributed by atoms with Crippen LogP contribution in [0.25, 0.3) is 0 Å². The average Bonchev–Trinajstić information content (AvgIpc) is 2.65. The molecule has 7 heteroatoms. The first-order chi connectivity index (χ1) is 12.5. The number of aliphatic hydroxyl groups excluding tert-OH is 1. The first-order valence-electron chi connectivity index (χ1n) is 9.09. The number of morpholine rings is 1. The third kappa shape index (κ3) is 6.02. The molecular weight excluding hydrogens is 339 g/mol. The van der Waals surface area contributed by atoms with Gasteiger partial charge in [0.1, 0.15) is 5.82 Å². The molecule has 1 aliphatic rings. The predicted molar refractivity (Wildman–Crippen MR) is 96.7 cm³/mol. The molecule has 2 rings (SSSR count). The molecule has 0 bridgehead atoms. The lowest BCUT2D eigenvalue weighted by molar-refractivity contribution is -0.0518. The Labute approximate surface area is 154 Å². The first-order valence-corrected chi connectivity index (χ1v) is 9.09. The molecule has 1 aromatic carbocycles. The number of halogens is 1. The largest absolute Gasteiger partial charge is 0.392 e. The van der Waals surface area contributed by atoms with E-state index in [-0.39, 0.29) is 23.7 Å². The lowest BCUT2D eigenvalue weighted by Gasteiger charge is -2.36. The normalized spacial score (nSPS) is 19.3. The number of benzene rings is 1. The maximum absolute atomic E-state index is 14.0. The average molecular weight is 368 g/mol. The molecule has 0 aromatic heterocycles. The monoisotopic (exact) mass is 368 g/mol. The molecule has 146 valence electrons. The van der Waals surface area contributed by atoms with Gasteiger partial charge in [-0.1, -0.05) is 19.1 Å². The molecule has 0 aliphatic carbocycles. The fourth-order valence-corrected chi connectivity index (χ4v) is 3.01. The van der Waals surface area contributed by atoms with E-state index in [1.54, 1.807) is 24.1 Å². The van der Waals surface area contributed by atoms with Gasteiger partial charge in [0.05, 0.1) is 31.0 Å². The van der Waals surface area contributed by atoms with Crippen LogP contribution in [0.5, 0.6) is 0 Å². The highest BCUT2D eigenvalue weighted by Crippen LogP contribution is 2.13. The summed E-state index contributed by atoms with van der Waals surface area (Å²) in [5, 5.41) is 9.86. The number of β-amino-alcohol motifs (C(OH)–C–C–N with tert-alkyl or cyclic N) is 1. The molecular formula is C19H29FN2O4. The van der Waals surface area contributed by atoms with Crippen LogP contribution in [0.2, 0.25) is 0 Å². The molecule has 0 unspecified atom stereocenters. The molecule has 2 atom stereocenters. The number of ether oxygens (including phenoxy) is 2. The van der Waals surface area contributed by atoms with E-state index in [2.05, 4.69) is 4.90 Å². The Bertz CT molecular complexity index is 572. The summed E-state index contributed by atoms with van der Waals surface area (Å²) in [5.74, 6) is -0.897. The third-order valence-corrected chi connectivity index (χ3v) is 4.54. The Balaban J connectivity index is 2.02. The highest BCUT2D eigenvalue weighted by Gasteiger charge is 2.27. The Hall–Kier alpha value is -1.54. The van der Waals surface area contributed by atoms with Crippen molar-refractivity contribution in [1.29, 1.82) is 0 Å². The maximum atomic E-state index is 14.0. The third-order valence-electron chi connectivity index (χ3n) is 4.54. The minimum absolute atomic E-state index is 0.0534. The van der Waals surface area contributed by atoms with E-state index in [1.165, 1.54) is 12.1 Å². The quantitative estimate of drug-likeness (QED) is 0.714. The van der Waals surface area contributed by atoms with E-state index >= 15 is 0 Å². The summed E-state index contributed by atoms with van der Waals surface area (Å²) in [5.41, 5.74) is 0.0534. The van der Waals surface area contributed by atoms with Crippen molar-refractivity contribution in [2.75, 3.05) is 53.0 Å². The number of hydrogen-bond acceptors (Lipinski definition) is 5. The van der Waals surface area contributed by atoms with Crippen molar-refractivity contribution in [1.82, 2.24) is 9.80 Å². The molecule has 0 spiro atoms. The molecule has 1 heterocycles. The number of aliphatic hydroxyl groups is 1. The second-order valence-electron chi connectivity index (χ2n) is 6.54. The zero-order valence-corrected chi connectivity index (χ0v) is 15.6. The highest BCUT2D eigenvalue weighted by atomic mass is 19.1. The number of rotatable bonds is 9. The van der Waals surface area contributed by atoms with Crippen molar-refractivity contribution in [2.45, 2.75) is 25.6 Å². The fraction of sp³-hybridized carbons (Fsp3) is 0.632. The molecule has 1 fully saturated rings. The standard InChI is InChI=1S/C19H29FN2O4/c1-3-15(23)12-21-8-11-26-16(13-21)14-22(9-10-25-2)19(24)17-6-4-5-7-18(17)20/h4-7,15-16,23H,3,8-14H2,1-2H3/t15-,16+/m0/s1. The molecule has 1 amide bonds. The van der Waals surface area contributed by atoms with Gasteiger partial charge in [0.2, 0.25) is 0 Å². The summed E-state index contributed by atoms with van der Waals surface area (Å²) in [6.07, 6.45) is 0.159. The predicted octanol–water partition coefficient (Wildman–Crippen LogP) is 1.39. The van der Waals surface area contributed by atoms with Gasteiger partial charge in [0, 0.05) is 39.8 Å². The lowest BCUT2D eigenvalue weighted by atomic mass is 10.1. The van der Waals surface area contributed by atoms with E-state index in [0.717, 1.165) is 6.54 Å². The first kappa shape index (κ1) is 20.8.